The highest BCUT2D eigenvalue weighted by Gasteiger charge is 2.08. The maximum Gasteiger partial charge on any atom is 0.147 e. The molecular weight excluding hydrogens is 196 g/mol. The molecule has 1 N–H and O–H groups in total. The average Bonchev–Trinajstić information content (AvgIpc) is 1.95. The van der Waals surface area contributed by atoms with Crippen LogP contribution < -0.4 is 0 Å². The fourth-order valence-corrected chi connectivity index (χ4v) is 2.06. The van der Waals surface area contributed by atoms with Gasteiger partial charge in [-0.05, 0) is 12.2 Å². The minimum atomic E-state index is -2.91. The lowest BCUT2D eigenvalue weighted by Crippen LogP contribution is -2.16. The molecule has 0 aliphatic carbocycles. The molecule has 0 aromatic rings. The summed E-state index contributed by atoms with van der Waals surface area (Å²) in [6, 6.07) is 0. The van der Waals surface area contributed by atoms with E-state index in [2.05, 4.69) is 0 Å². The molecule has 1 unspecified atom stereocenters. The molecule has 0 aliphatic rings. The fraction of sp³-hybridized carbons (Fsp3) is 1.00. The third-order valence-corrected chi connectivity index (χ3v) is 3.34. The Balaban J connectivity index is 3.51. The lowest BCUT2D eigenvalue weighted by molar-refractivity contribution is 0.196. The van der Waals surface area contributed by atoms with Crippen molar-refractivity contribution in [1.82, 2.24) is 0 Å². The summed E-state index contributed by atoms with van der Waals surface area (Å²) < 4.78 is 21.4. The number of aliphatic hydroxyl groups is 1. The third-order valence-electron chi connectivity index (χ3n) is 1.34. The van der Waals surface area contributed by atoms with Gasteiger partial charge in [0.2, 0.25) is 0 Å². The number of hydrogen-bond donors (Lipinski definition) is 1. The molecule has 74 valence electrons. The number of aliphatic hydroxyl groups excluding tert-OH is 1. The summed E-state index contributed by atoms with van der Waals surface area (Å²) in [5.41, 5.74) is 0. The van der Waals surface area contributed by atoms with Gasteiger partial charge in [0.15, 0.2) is 0 Å². The zero-order valence-electron chi connectivity index (χ0n) is 7.49. The first-order valence-electron chi connectivity index (χ1n) is 3.89. The first-order valence-corrected chi connectivity index (χ1v) is 7.10. The summed E-state index contributed by atoms with van der Waals surface area (Å²) in [4.78, 5) is 0. The molecule has 0 spiro atoms. The van der Waals surface area contributed by atoms with Gasteiger partial charge in [0.05, 0.1) is 11.9 Å². The Morgan fingerprint density at radius 3 is 2.50 bits per heavy atom. The van der Waals surface area contributed by atoms with Gasteiger partial charge < -0.3 is 5.11 Å². The molecule has 0 heterocycles. The fourth-order valence-electron chi connectivity index (χ4n) is 0.687. The van der Waals surface area contributed by atoms with Crippen molar-refractivity contribution in [3.8, 4) is 0 Å². The summed E-state index contributed by atoms with van der Waals surface area (Å²) in [6.07, 6.45) is 1.06. The van der Waals surface area contributed by atoms with Crippen LogP contribution in [0.1, 0.15) is 13.3 Å². The Labute approximate surface area is 78.5 Å². The molecule has 0 aromatic carbocycles. The van der Waals surface area contributed by atoms with E-state index in [0.717, 1.165) is 5.75 Å². The predicted octanol–water partition coefficient (Wildman–Crippen LogP) is 0.535. The van der Waals surface area contributed by atoms with Gasteiger partial charge in [0.1, 0.15) is 9.84 Å². The Morgan fingerprint density at radius 2 is 2.08 bits per heavy atom. The van der Waals surface area contributed by atoms with Crippen molar-refractivity contribution in [3.63, 3.8) is 0 Å². The molecule has 0 saturated carbocycles. The second-order valence-corrected chi connectivity index (χ2v) is 6.31. The summed E-state index contributed by atoms with van der Waals surface area (Å²) in [7, 11) is -2.91. The van der Waals surface area contributed by atoms with Crippen LogP contribution in [-0.2, 0) is 9.84 Å². The van der Waals surface area contributed by atoms with Crippen LogP contribution >= 0.6 is 11.8 Å². The Morgan fingerprint density at radius 1 is 1.50 bits per heavy atom. The van der Waals surface area contributed by atoms with Crippen molar-refractivity contribution < 1.29 is 13.5 Å². The highest BCUT2D eigenvalue weighted by Crippen LogP contribution is 2.05. The van der Waals surface area contributed by atoms with Gasteiger partial charge in [0.25, 0.3) is 0 Å². The minimum Gasteiger partial charge on any atom is -0.392 e. The van der Waals surface area contributed by atoms with E-state index in [-0.39, 0.29) is 5.75 Å². The van der Waals surface area contributed by atoms with E-state index in [4.69, 9.17) is 0 Å². The van der Waals surface area contributed by atoms with Crippen molar-refractivity contribution in [3.05, 3.63) is 0 Å². The lowest BCUT2D eigenvalue weighted by Gasteiger charge is -2.07. The monoisotopic (exact) mass is 212 g/mol. The van der Waals surface area contributed by atoms with Crippen LogP contribution in [0.5, 0.6) is 0 Å². The summed E-state index contributed by atoms with van der Waals surface area (Å²) in [6.45, 7) is 2.01. The van der Waals surface area contributed by atoms with Crippen molar-refractivity contribution >= 4 is 21.6 Å². The number of sulfone groups is 1. The molecule has 1 atom stereocenters. The predicted molar refractivity (Wildman–Crippen MR) is 53.3 cm³/mol. The SMILES string of the molecule is CCSCC(O)CCS(C)(=O)=O. The van der Waals surface area contributed by atoms with Crippen LogP contribution in [-0.4, -0.2) is 43.1 Å². The van der Waals surface area contributed by atoms with E-state index in [1.54, 1.807) is 11.8 Å². The maximum atomic E-state index is 10.7. The summed E-state index contributed by atoms with van der Waals surface area (Å²) >= 11 is 1.62. The van der Waals surface area contributed by atoms with E-state index >= 15 is 0 Å². The molecule has 3 nitrogen and oxygen atoms in total. The molecule has 12 heavy (non-hydrogen) atoms. The zero-order chi connectivity index (χ0) is 9.61. The third kappa shape index (κ3) is 8.36. The molecule has 5 heteroatoms. The van der Waals surface area contributed by atoms with Gasteiger partial charge in [-0.3, -0.25) is 0 Å². The van der Waals surface area contributed by atoms with Crippen LogP contribution in [0.2, 0.25) is 0 Å². The van der Waals surface area contributed by atoms with E-state index in [9.17, 15) is 13.5 Å². The van der Waals surface area contributed by atoms with Gasteiger partial charge in [-0.25, -0.2) is 8.42 Å². The van der Waals surface area contributed by atoms with E-state index in [0.29, 0.717) is 12.2 Å². The molecule has 0 rings (SSSR count). The smallest absolute Gasteiger partial charge is 0.147 e. The molecular formula is C7H16O3S2. The summed E-state index contributed by atoms with van der Waals surface area (Å²) in [5, 5.41) is 9.26. The first kappa shape index (κ1) is 12.3. The first-order chi connectivity index (χ1) is 5.45. The van der Waals surface area contributed by atoms with Gasteiger partial charge >= 0.3 is 0 Å². The second-order valence-electron chi connectivity index (χ2n) is 2.73. The zero-order valence-corrected chi connectivity index (χ0v) is 9.12. The molecule has 0 radical (unpaired) electrons. The minimum absolute atomic E-state index is 0.0818. The number of hydrogen-bond acceptors (Lipinski definition) is 4. The van der Waals surface area contributed by atoms with Crippen molar-refractivity contribution in [2.24, 2.45) is 0 Å². The second kappa shape index (κ2) is 5.83. The standard InChI is InChI=1S/C7H16O3S2/c1-3-11-6-7(8)4-5-12(2,9)10/h7-8H,3-6H2,1-2H3. The maximum absolute atomic E-state index is 10.7. The quantitative estimate of drug-likeness (QED) is 0.698. The van der Waals surface area contributed by atoms with Gasteiger partial charge in [-0.1, -0.05) is 6.92 Å². The van der Waals surface area contributed by atoms with E-state index in [1.807, 2.05) is 6.92 Å². The summed E-state index contributed by atoms with van der Waals surface area (Å²) in [5.74, 6) is 1.67. The van der Waals surface area contributed by atoms with Crippen molar-refractivity contribution in [2.45, 2.75) is 19.4 Å². The average molecular weight is 212 g/mol. The van der Waals surface area contributed by atoms with E-state index < -0.39 is 15.9 Å². The Hall–Kier alpha value is 0.260. The highest BCUT2D eigenvalue weighted by molar-refractivity contribution is 7.99. The molecule has 0 bridgehead atoms. The van der Waals surface area contributed by atoms with Crippen molar-refractivity contribution in [2.75, 3.05) is 23.5 Å². The Bertz CT molecular complexity index is 199. The van der Waals surface area contributed by atoms with Crippen LogP contribution in [0.4, 0.5) is 0 Å². The number of rotatable bonds is 6. The topological polar surface area (TPSA) is 54.4 Å². The van der Waals surface area contributed by atoms with Gasteiger partial charge in [-0.15, -0.1) is 0 Å². The molecule has 0 saturated heterocycles. The van der Waals surface area contributed by atoms with E-state index in [1.165, 1.54) is 6.26 Å². The van der Waals surface area contributed by atoms with Crippen LogP contribution in [0, 0.1) is 0 Å². The van der Waals surface area contributed by atoms with Crippen LogP contribution in [0.15, 0.2) is 0 Å². The Kier molecular flexibility index (Phi) is 5.96. The van der Waals surface area contributed by atoms with Gasteiger partial charge in [0, 0.05) is 12.0 Å². The van der Waals surface area contributed by atoms with Crippen LogP contribution in [0.3, 0.4) is 0 Å². The largest absolute Gasteiger partial charge is 0.392 e. The van der Waals surface area contributed by atoms with Crippen LogP contribution in [0.25, 0.3) is 0 Å². The van der Waals surface area contributed by atoms with Gasteiger partial charge in [-0.2, -0.15) is 11.8 Å². The highest BCUT2D eigenvalue weighted by atomic mass is 32.2. The molecule has 0 amide bonds. The molecule has 0 aliphatic heterocycles. The normalized spacial score (nSPS) is 14.6. The molecule has 0 fully saturated rings. The van der Waals surface area contributed by atoms with Crippen molar-refractivity contribution in [1.29, 1.82) is 0 Å². The molecule has 0 aromatic heterocycles. The lowest BCUT2D eigenvalue weighted by atomic mass is 10.3. The number of thioether (sulfide) groups is 1.